The Morgan fingerprint density at radius 3 is 2.55 bits per heavy atom. The summed E-state index contributed by atoms with van der Waals surface area (Å²) in [5.41, 5.74) is 0.818. The van der Waals surface area contributed by atoms with Crippen molar-refractivity contribution in [1.29, 1.82) is 0 Å². The quantitative estimate of drug-likeness (QED) is 0.753. The molecule has 0 saturated heterocycles. The van der Waals surface area contributed by atoms with Crippen LogP contribution in [-0.4, -0.2) is 28.4 Å². The third-order valence-electron chi connectivity index (χ3n) is 3.21. The number of aliphatic hydroxyl groups excluding tert-OH is 1. The zero-order chi connectivity index (χ0) is 15.3. The van der Waals surface area contributed by atoms with Gasteiger partial charge in [-0.1, -0.05) is 37.0 Å². The number of halogens is 2. The number of nitrogens with one attached hydrogen (secondary N) is 2. The van der Waals surface area contributed by atoms with Crippen LogP contribution < -0.4 is 10.6 Å². The summed E-state index contributed by atoms with van der Waals surface area (Å²) in [7, 11) is 1.78. The van der Waals surface area contributed by atoms with Gasteiger partial charge in [-0.2, -0.15) is 0 Å². The molecule has 2 amide bonds. The SMILES string of the molecule is CC(C)C(CCO)NC(=O)NCc1cc(Cl)c(Cl)n1C. The molecule has 7 heteroatoms. The Kier molecular flexibility index (Phi) is 6.65. The van der Waals surface area contributed by atoms with Crippen molar-refractivity contribution in [2.75, 3.05) is 6.61 Å². The number of amides is 2. The molecule has 0 saturated carbocycles. The Morgan fingerprint density at radius 2 is 2.10 bits per heavy atom. The van der Waals surface area contributed by atoms with Crippen molar-refractivity contribution in [3.63, 3.8) is 0 Å². The normalized spacial score (nSPS) is 12.6. The summed E-state index contributed by atoms with van der Waals surface area (Å²) in [6.45, 7) is 4.37. The molecular formula is C13H21Cl2N3O2. The molecular weight excluding hydrogens is 301 g/mol. The number of rotatable bonds is 6. The van der Waals surface area contributed by atoms with Crippen molar-refractivity contribution in [2.45, 2.75) is 32.9 Å². The molecule has 1 rings (SSSR count). The van der Waals surface area contributed by atoms with Crippen molar-refractivity contribution in [3.8, 4) is 0 Å². The molecule has 0 aliphatic heterocycles. The first kappa shape index (κ1) is 17.1. The van der Waals surface area contributed by atoms with E-state index in [0.29, 0.717) is 23.1 Å². The molecule has 0 aromatic carbocycles. The number of urea groups is 1. The van der Waals surface area contributed by atoms with E-state index in [9.17, 15) is 4.79 Å². The van der Waals surface area contributed by atoms with E-state index in [4.69, 9.17) is 28.3 Å². The van der Waals surface area contributed by atoms with Gasteiger partial charge >= 0.3 is 6.03 Å². The van der Waals surface area contributed by atoms with Gasteiger partial charge in [0, 0.05) is 25.4 Å². The fraction of sp³-hybridized carbons (Fsp3) is 0.615. The van der Waals surface area contributed by atoms with Gasteiger partial charge in [0.1, 0.15) is 5.15 Å². The largest absolute Gasteiger partial charge is 0.396 e. The lowest BCUT2D eigenvalue weighted by atomic mass is 10.0. The fourth-order valence-corrected chi connectivity index (χ4v) is 2.28. The van der Waals surface area contributed by atoms with Gasteiger partial charge in [-0.25, -0.2) is 4.79 Å². The molecule has 0 bridgehead atoms. The van der Waals surface area contributed by atoms with Gasteiger partial charge in [0.05, 0.1) is 11.6 Å². The van der Waals surface area contributed by atoms with Crippen LogP contribution in [0, 0.1) is 5.92 Å². The molecule has 114 valence electrons. The van der Waals surface area contributed by atoms with Crippen molar-refractivity contribution in [1.82, 2.24) is 15.2 Å². The minimum Gasteiger partial charge on any atom is -0.396 e. The lowest BCUT2D eigenvalue weighted by Crippen LogP contribution is -2.44. The highest BCUT2D eigenvalue weighted by Crippen LogP contribution is 2.24. The van der Waals surface area contributed by atoms with Gasteiger partial charge in [-0.3, -0.25) is 0 Å². The Bertz CT molecular complexity index is 461. The smallest absolute Gasteiger partial charge is 0.315 e. The Hall–Kier alpha value is -0.910. The zero-order valence-electron chi connectivity index (χ0n) is 11.9. The summed E-state index contributed by atoms with van der Waals surface area (Å²) >= 11 is 11.9. The second-order valence-corrected chi connectivity index (χ2v) is 5.79. The van der Waals surface area contributed by atoms with Crippen LogP contribution in [0.1, 0.15) is 26.0 Å². The lowest BCUT2D eigenvalue weighted by Gasteiger charge is -2.21. The summed E-state index contributed by atoms with van der Waals surface area (Å²) in [4.78, 5) is 11.8. The van der Waals surface area contributed by atoms with E-state index >= 15 is 0 Å². The zero-order valence-corrected chi connectivity index (χ0v) is 13.4. The Labute approximate surface area is 129 Å². The van der Waals surface area contributed by atoms with Crippen molar-refractivity contribution in [2.24, 2.45) is 13.0 Å². The Morgan fingerprint density at radius 1 is 1.45 bits per heavy atom. The molecule has 0 radical (unpaired) electrons. The molecule has 0 fully saturated rings. The monoisotopic (exact) mass is 321 g/mol. The molecule has 0 spiro atoms. The number of hydrogen-bond donors (Lipinski definition) is 3. The van der Waals surface area contributed by atoms with Gasteiger partial charge in [0.25, 0.3) is 0 Å². The average Bonchev–Trinajstić information content (AvgIpc) is 2.63. The lowest BCUT2D eigenvalue weighted by molar-refractivity contribution is 0.218. The highest BCUT2D eigenvalue weighted by molar-refractivity contribution is 6.41. The van der Waals surface area contributed by atoms with E-state index in [1.807, 2.05) is 13.8 Å². The van der Waals surface area contributed by atoms with Crippen LogP contribution in [0.3, 0.4) is 0 Å². The Balaban J connectivity index is 2.52. The standard InChI is InChI=1S/C13H21Cl2N3O2/c1-8(2)11(4-5-19)17-13(20)16-7-9-6-10(14)12(15)18(9)3/h6,8,11,19H,4-5,7H2,1-3H3,(H2,16,17,20). The summed E-state index contributed by atoms with van der Waals surface area (Å²) in [6.07, 6.45) is 0.535. The number of hydrogen-bond acceptors (Lipinski definition) is 2. The van der Waals surface area contributed by atoms with Crippen LogP contribution in [0.15, 0.2) is 6.07 Å². The van der Waals surface area contributed by atoms with Gasteiger partial charge in [-0.05, 0) is 18.4 Å². The third-order valence-corrected chi connectivity index (χ3v) is 4.05. The third kappa shape index (κ3) is 4.58. The molecule has 0 aliphatic carbocycles. The van der Waals surface area contributed by atoms with E-state index in [-0.39, 0.29) is 24.6 Å². The van der Waals surface area contributed by atoms with Crippen LogP contribution in [0.4, 0.5) is 4.79 Å². The molecule has 1 heterocycles. The predicted molar refractivity (Wildman–Crippen MR) is 81.1 cm³/mol. The number of carbonyl (C=O) groups excluding carboxylic acids is 1. The van der Waals surface area contributed by atoms with Gasteiger partial charge in [0.15, 0.2) is 0 Å². The predicted octanol–water partition coefficient (Wildman–Crippen LogP) is 2.54. The second-order valence-electron chi connectivity index (χ2n) is 5.02. The van der Waals surface area contributed by atoms with Crippen LogP contribution in [-0.2, 0) is 13.6 Å². The molecule has 0 aliphatic rings. The number of aliphatic hydroxyl groups is 1. The van der Waals surface area contributed by atoms with Crippen molar-refractivity contribution >= 4 is 29.2 Å². The van der Waals surface area contributed by atoms with Gasteiger partial charge < -0.3 is 20.3 Å². The maximum Gasteiger partial charge on any atom is 0.315 e. The fourth-order valence-electron chi connectivity index (χ4n) is 1.86. The second kappa shape index (κ2) is 7.76. The number of aromatic nitrogens is 1. The first-order valence-corrected chi connectivity index (χ1v) is 7.27. The average molecular weight is 322 g/mol. The van der Waals surface area contributed by atoms with Crippen LogP contribution in [0.5, 0.6) is 0 Å². The summed E-state index contributed by atoms with van der Waals surface area (Å²) < 4.78 is 1.72. The maximum atomic E-state index is 11.8. The van der Waals surface area contributed by atoms with Crippen LogP contribution in [0.25, 0.3) is 0 Å². The van der Waals surface area contributed by atoms with Crippen LogP contribution in [0.2, 0.25) is 10.2 Å². The minimum absolute atomic E-state index is 0.0478. The van der Waals surface area contributed by atoms with E-state index < -0.39 is 0 Å². The topological polar surface area (TPSA) is 66.3 Å². The number of nitrogens with zero attached hydrogens (tertiary/aromatic N) is 1. The van der Waals surface area contributed by atoms with E-state index in [2.05, 4.69) is 10.6 Å². The van der Waals surface area contributed by atoms with E-state index in [1.54, 1.807) is 17.7 Å². The highest BCUT2D eigenvalue weighted by atomic mass is 35.5. The molecule has 1 atom stereocenters. The molecule has 3 N–H and O–H groups in total. The minimum atomic E-state index is -0.273. The maximum absolute atomic E-state index is 11.8. The van der Waals surface area contributed by atoms with Gasteiger partial charge in [-0.15, -0.1) is 0 Å². The first-order chi connectivity index (χ1) is 9.36. The van der Waals surface area contributed by atoms with E-state index in [0.717, 1.165) is 5.69 Å². The molecule has 5 nitrogen and oxygen atoms in total. The van der Waals surface area contributed by atoms with Crippen molar-refractivity contribution < 1.29 is 9.90 Å². The summed E-state index contributed by atoms with van der Waals surface area (Å²) in [5.74, 6) is 0.256. The molecule has 1 unspecified atom stereocenters. The van der Waals surface area contributed by atoms with Crippen LogP contribution >= 0.6 is 23.2 Å². The summed E-state index contributed by atoms with van der Waals surface area (Å²) in [6, 6.07) is 1.39. The molecule has 1 aromatic rings. The summed E-state index contributed by atoms with van der Waals surface area (Å²) in [5, 5.41) is 15.5. The van der Waals surface area contributed by atoms with Crippen molar-refractivity contribution in [3.05, 3.63) is 21.9 Å². The highest BCUT2D eigenvalue weighted by Gasteiger charge is 2.16. The van der Waals surface area contributed by atoms with E-state index in [1.165, 1.54) is 0 Å². The molecule has 1 aromatic heterocycles. The van der Waals surface area contributed by atoms with Gasteiger partial charge in [0.2, 0.25) is 0 Å². The first-order valence-electron chi connectivity index (χ1n) is 6.51. The number of carbonyl (C=O) groups is 1. The molecule has 20 heavy (non-hydrogen) atoms.